The molecular weight excluding hydrogens is 478 g/mol. The monoisotopic (exact) mass is 499 g/mol. The molecule has 0 bridgehead atoms. The number of benzene rings is 4. The number of anilines is 1. The molecule has 0 fully saturated rings. The van der Waals surface area contributed by atoms with Gasteiger partial charge in [0.05, 0.1) is 10.6 Å². The van der Waals surface area contributed by atoms with Crippen molar-refractivity contribution in [2.24, 2.45) is 0 Å². The van der Waals surface area contributed by atoms with Crippen molar-refractivity contribution in [3.05, 3.63) is 77.8 Å². The Morgan fingerprint density at radius 2 is 1.61 bits per heavy atom. The van der Waals surface area contributed by atoms with Gasteiger partial charge < -0.3 is 4.90 Å². The smallest absolute Gasteiger partial charge is 0.257 e. The molecule has 4 rings (SSSR count). The number of fused-ring (bicyclic) bond motifs is 2. The third kappa shape index (κ3) is 4.94. The average molecular weight is 500 g/mol. The van der Waals surface area contributed by atoms with Gasteiger partial charge in [-0.1, -0.05) is 60.1 Å². The maximum Gasteiger partial charge on any atom is 0.257 e. The Bertz CT molecular complexity index is 1450. The standard InChI is InChI=1S/C24H22ClN3O3S2/c1-28(2)20-12-5-10-18-17(20)9-6-14-22(18)33(30,31)27-26-23(29)15-32-21-13-4-8-16-7-3-11-19(25)24(16)21/h3-14,27H,15H2,1-2H3,(H,26,29). The summed E-state index contributed by atoms with van der Waals surface area (Å²) in [7, 11) is -0.184. The van der Waals surface area contributed by atoms with E-state index >= 15 is 0 Å². The predicted molar refractivity (Wildman–Crippen MR) is 136 cm³/mol. The van der Waals surface area contributed by atoms with E-state index in [1.54, 1.807) is 24.3 Å². The highest BCUT2D eigenvalue weighted by Gasteiger charge is 2.19. The molecule has 4 aromatic rings. The minimum Gasteiger partial charge on any atom is -0.377 e. The normalized spacial score (nSPS) is 11.6. The second-order valence-electron chi connectivity index (χ2n) is 7.56. The number of hydrogen-bond donors (Lipinski definition) is 2. The minimum atomic E-state index is -3.98. The Hall–Kier alpha value is -2.78. The number of hydrazine groups is 1. The molecule has 170 valence electrons. The van der Waals surface area contributed by atoms with Gasteiger partial charge in [-0.15, -0.1) is 16.6 Å². The van der Waals surface area contributed by atoms with E-state index in [4.69, 9.17) is 11.6 Å². The van der Waals surface area contributed by atoms with Crippen LogP contribution >= 0.6 is 23.4 Å². The first-order valence-corrected chi connectivity index (χ1v) is 12.9. The molecule has 0 saturated carbocycles. The van der Waals surface area contributed by atoms with Crippen LogP contribution in [0.15, 0.2) is 82.6 Å². The number of carbonyl (C=O) groups is 1. The van der Waals surface area contributed by atoms with Crippen LogP contribution in [0.4, 0.5) is 5.69 Å². The van der Waals surface area contributed by atoms with Crippen LogP contribution in [0.25, 0.3) is 21.5 Å². The number of hydrogen-bond acceptors (Lipinski definition) is 5. The number of amides is 1. The van der Waals surface area contributed by atoms with Gasteiger partial charge in [-0.2, -0.15) is 0 Å². The van der Waals surface area contributed by atoms with Gasteiger partial charge in [-0.3, -0.25) is 10.2 Å². The van der Waals surface area contributed by atoms with Gasteiger partial charge in [0.15, 0.2) is 0 Å². The summed E-state index contributed by atoms with van der Waals surface area (Å²) >= 11 is 7.63. The molecule has 0 atom stereocenters. The van der Waals surface area contributed by atoms with Gasteiger partial charge in [0.25, 0.3) is 10.0 Å². The van der Waals surface area contributed by atoms with E-state index in [1.165, 1.54) is 17.8 Å². The zero-order chi connectivity index (χ0) is 23.6. The first-order chi connectivity index (χ1) is 15.8. The second-order valence-corrected chi connectivity index (χ2v) is 10.6. The quantitative estimate of drug-likeness (QED) is 0.282. The first kappa shape index (κ1) is 23.4. The van der Waals surface area contributed by atoms with Crippen molar-refractivity contribution in [1.82, 2.24) is 10.3 Å². The summed E-state index contributed by atoms with van der Waals surface area (Å²) in [6, 6.07) is 21.9. The molecule has 0 aliphatic rings. The molecule has 6 nitrogen and oxygen atoms in total. The molecule has 0 aliphatic carbocycles. The highest BCUT2D eigenvalue weighted by molar-refractivity contribution is 8.00. The molecule has 9 heteroatoms. The Morgan fingerprint density at radius 3 is 2.36 bits per heavy atom. The number of thioether (sulfide) groups is 1. The molecule has 1 amide bonds. The number of nitrogens with zero attached hydrogens (tertiary/aromatic N) is 1. The van der Waals surface area contributed by atoms with Crippen molar-refractivity contribution in [2.75, 3.05) is 24.7 Å². The summed E-state index contributed by atoms with van der Waals surface area (Å²) in [6.45, 7) is 0. The fourth-order valence-corrected chi connectivity index (χ4v) is 5.96. The van der Waals surface area contributed by atoms with Gasteiger partial charge in [0, 0.05) is 45.9 Å². The lowest BCUT2D eigenvalue weighted by Crippen LogP contribution is -2.42. The fraction of sp³-hybridized carbons (Fsp3) is 0.125. The third-order valence-electron chi connectivity index (χ3n) is 5.13. The van der Waals surface area contributed by atoms with Crippen LogP contribution in [-0.4, -0.2) is 34.2 Å². The van der Waals surface area contributed by atoms with E-state index in [9.17, 15) is 13.2 Å². The van der Waals surface area contributed by atoms with Crippen LogP contribution in [0.5, 0.6) is 0 Å². The number of sulfonamides is 1. The van der Waals surface area contributed by atoms with Crippen molar-refractivity contribution < 1.29 is 13.2 Å². The van der Waals surface area contributed by atoms with E-state index in [-0.39, 0.29) is 10.6 Å². The Morgan fingerprint density at radius 1 is 0.939 bits per heavy atom. The fourth-order valence-electron chi connectivity index (χ4n) is 3.63. The lowest BCUT2D eigenvalue weighted by molar-refractivity contribution is -0.119. The summed E-state index contributed by atoms with van der Waals surface area (Å²) in [4.78, 5) is 17.5. The zero-order valence-corrected chi connectivity index (χ0v) is 20.4. The maximum absolute atomic E-state index is 13.0. The predicted octanol–water partition coefficient (Wildman–Crippen LogP) is 4.81. The first-order valence-electron chi connectivity index (χ1n) is 10.1. The van der Waals surface area contributed by atoms with Crippen LogP contribution in [0.3, 0.4) is 0 Å². The molecule has 0 radical (unpaired) electrons. The van der Waals surface area contributed by atoms with Crippen molar-refractivity contribution in [2.45, 2.75) is 9.79 Å². The molecule has 0 spiro atoms. The van der Waals surface area contributed by atoms with Crippen LogP contribution in [0, 0.1) is 0 Å². The molecule has 2 N–H and O–H groups in total. The van der Waals surface area contributed by atoms with Crippen LogP contribution < -0.4 is 15.2 Å². The van der Waals surface area contributed by atoms with Crippen molar-refractivity contribution in [3.63, 3.8) is 0 Å². The van der Waals surface area contributed by atoms with E-state index in [0.29, 0.717) is 10.4 Å². The zero-order valence-electron chi connectivity index (χ0n) is 18.0. The molecule has 0 aromatic heterocycles. The van der Waals surface area contributed by atoms with E-state index in [0.717, 1.165) is 26.7 Å². The summed E-state index contributed by atoms with van der Waals surface area (Å²) in [6.07, 6.45) is 0. The number of rotatable bonds is 7. The van der Waals surface area contributed by atoms with Crippen LogP contribution in [-0.2, 0) is 14.8 Å². The van der Waals surface area contributed by atoms with Crippen molar-refractivity contribution >= 4 is 66.5 Å². The Kier molecular flexibility index (Phi) is 6.81. The molecule has 0 unspecified atom stereocenters. The van der Waals surface area contributed by atoms with Crippen LogP contribution in [0.1, 0.15) is 0 Å². The molecule has 33 heavy (non-hydrogen) atoms. The van der Waals surface area contributed by atoms with E-state index in [2.05, 4.69) is 10.3 Å². The SMILES string of the molecule is CN(C)c1cccc2c(S(=O)(=O)NNC(=O)CSc3cccc4cccc(Cl)c34)cccc12. The number of halogens is 1. The largest absolute Gasteiger partial charge is 0.377 e. The molecule has 0 heterocycles. The molecule has 4 aromatic carbocycles. The van der Waals surface area contributed by atoms with Crippen molar-refractivity contribution in [3.8, 4) is 0 Å². The minimum absolute atomic E-state index is 0.0210. The van der Waals surface area contributed by atoms with E-state index in [1.807, 2.05) is 61.5 Å². The summed E-state index contributed by atoms with van der Waals surface area (Å²) < 4.78 is 25.9. The lowest BCUT2D eigenvalue weighted by atomic mass is 10.1. The van der Waals surface area contributed by atoms with Gasteiger partial charge in [0.1, 0.15) is 0 Å². The Balaban J connectivity index is 1.49. The summed E-state index contributed by atoms with van der Waals surface area (Å²) in [5.74, 6) is -0.450. The van der Waals surface area contributed by atoms with Gasteiger partial charge in [-0.05, 0) is 29.7 Å². The Labute approximate surface area is 201 Å². The van der Waals surface area contributed by atoms with Gasteiger partial charge in [-0.25, -0.2) is 8.42 Å². The van der Waals surface area contributed by atoms with Gasteiger partial charge >= 0.3 is 0 Å². The molecular formula is C24H22ClN3O3S2. The maximum atomic E-state index is 13.0. The number of nitrogens with one attached hydrogen (secondary N) is 2. The third-order valence-corrected chi connectivity index (χ3v) is 7.81. The average Bonchev–Trinajstić information content (AvgIpc) is 2.80. The highest BCUT2D eigenvalue weighted by Crippen LogP contribution is 2.33. The summed E-state index contributed by atoms with van der Waals surface area (Å²) in [5, 5.41) is 3.82. The highest BCUT2D eigenvalue weighted by atomic mass is 35.5. The number of carbonyl (C=O) groups excluding carboxylic acids is 1. The topological polar surface area (TPSA) is 78.5 Å². The van der Waals surface area contributed by atoms with Crippen LogP contribution in [0.2, 0.25) is 5.02 Å². The van der Waals surface area contributed by atoms with Gasteiger partial charge in [0.2, 0.25) is 5.91 Å². The lowest BCUT2D eigenvalue weighted by Gasteiger charge is -2.17. The molecule has 0 aliphatic heterocycles. The summed E-state index contributed by atoms with van der Waals surface area (Å²) in [5.41, 5.74) is 3.22. The molecule has 0 saturated heterocycles. The van der Waals surface area contributed by atoms with Crippen molar-refractivity contribution in [1.29, 1.82) is 0 Å². The van der Waals surface area contributed by atoms with E-state index < -0.39 is 15.9 Å². The second kappa shape index (κ2) is 9.61.